The Morgan fingerprint density at radius 1 is 1.33 bits per heavy atom. The van der Waals surface area contributed by atoms with Crippen LogP contribution in [0, 0.1) is 0 Å². The van der Waals surface area contributed by atoms with E-state index in [1.54, 1.807) is 25.4 Å². The molecule has 0 bridgehead atoms. The van der Waals surface area contributed by atoms with Crippen LogP contribution < -0.4 is 10.6 Å². The molecule has 1 atom stereocenters. The Kier molecular flexibility index (Phi) is 13.6. The van der Waals surface area contributed by atoms with Gasteiger partial charge in [0.2, 0.25) is 0 Å². The molecule has 0 fully saturated rings. The third-order valence-corrected chi connectivity index (χ3v) is 3.91. The molecule has 1 rings (SSSR count). The molecule has 0 radical (unpaired) electrons. The maximum absolute atomic E-state index is 10.5. The number of hydrogen-bond donors (Lipinski definition) is 3. The summed E-state index contributed by atoms with van der Waals surface area (Å²) in [5.74, 6) is 0.708. The average molecular weight is 471 g/mol. The fourth-order valence-corrected chi connectivity index (χ4v) is 2.65. The van der Waals surface area contributed by atoms with Gasteiger partial charge in [-0.2, -0.15) is 11.3 Å². The fraction of sp³-hybridized carbons (Fsp3) is 0.688. The van der Waals surface area contributed by atoms with Gasteiger partial charge in [0.25, 0.3) is 0 Å². The lowest BCUT2D eigenvalue weighted by atomic mass is 10.00. The highest BCUT2D eigenvalue weighted by molar-refractivity contribution is 14.0. The largest absolute Gasteiger partial charge is 0.383 e. The summed E-state index contributed by atoms with van der Waals surface area (Å²) in [7, 11) is 1.66. The third-order valence-electron chi connectivity index (χ3n) is 3.22. The SMILES string of the molecule is CCNC(=NCC(C)(O)c1ccsc1)NCCCOCCOC.I. The van der Waals surface area contributed by atoms with Gasteiger partial charge in [0.15, 0.2) is 5.96 Å². The summed E-state index contributed by atoms with van der Waals surface area (Å²) in [6.07, 6.45) is 0.884. The van der Waals surface area contributed by atoms with Gasteiger partial charge < -0.3 is 25.2 Å². The second kappa shape index (κ2) is 13.8. The molecule has 0 aliphatic carbocycles. The first-order valence-electron chi connectivity index (χ1n) is 7.94. The zero-order valence-electron chi connectivity index (χ0n) is 14.7. The molecule has 0 spiro atoms. The normalized spacial score (nSPS) is 13.9. The van der Waals surface area contributed by atoms with E-state index >= 15 is 0 Å². The molecular weight excluding hydrogens is 441 g/mol. The molecule has 1 heterocycles. The molecule has 0 saturated carbocycles. The minimum absolute atomic E-state index is 0. The van der Waals surface area contributed by atoms with E-state index in [9.17, 15) is 5.11 Å². The van der Waals surface area contributed by atoms with E-state index < -0.39 is 5.60 Å². The zero-order valence-corrected chi connectivity index (χ0v) is 17.9. The van der Waals surface area contributed by atoms with Crippen LogP contribution in [0.4, 0.5) is 0 Å². The lowest BCUT2D eigenvalue weighted by molar-refractivity contribution is 0.0675. The van der Waals surface area contributed by atoms with Crippen molar-refractivity contribution in [1.29, 1.82) is 0 Å². The van der Waals surface area contributed by atoms with Crippen molar-refractivity contribution in [2.24, 2.45) is 4.99 Å². The molecule has 8 heteroatoms. The van der Waals surface area contributed by atoms with Gasteiger partial charge in [0.05, 0.1) is 19.8 Å². The summed E-state index contributed by atoms with van der Waals surface area (Å²) in [5.41, 5.74) is -0.0559. The first kappa shape index (κ1) is 23.6. The van der Waals surface area contributed by atoms with Crippen LogP contribution in [0.15, 0.2) is 21.8 Å². The van der Waals surface area contributed by atoms with Crippen LogP contribution in [0.2, 0.25) is 0 Å². The molecule has 0 aromatic carbocycles. The minimum atomic E-state index is -0.953. The van der Waals surface area contributed by atoms with E-state index in [0.717, 1.165) is 25.1 Å². The van der Waals surface area contributed by atoms with E-state index in [-0.39, 0.29) is 24.0 Å². The number of aliphatic hydroxyl groups is 1. The van der Waals surface area contributed by atoms with Crippen molar-refractivity contribution in [3.05, 3.63) is 22.4 Å². The number of ether oxygens (including phenoxy) is 2. The second-order valence-corrected chi connectivity index (χ2v) is 6.15. The van der Waals surface area contributed by atoms with E-state index in [1.807, 2.05) is 23.8 Å². The van der Waals surface area contributed by atoms with Crippen molar-refractivity contribution >= 4 is 41.3 Å². The Hall–Kier alpha value is -0.420. The van der Waals surface area contributed by atoms with Gasteiger partial charge in [0, 0.05) is 26.8 Å². The summed E-state index contributed by atoms with van der Waals surface area (Å²) in [6, 6.07) is 1.93. The molecule has 1 unspecified atom stereocenters. The Balaban J connectivity index is 0.00000529. The Labute approximate surface area is 166 Å². The van der Waals surface area contributed by atoms with Crippen molar-refractivity contribution in [1.82, 2.24) is 10.6 Å². The number of rotatable bonds is 11. The maximum Gasteiger partial charge on any atom is 0.191 e. The summed E-state index contributed by atoms with van der Waals surface area (Å²) < 4.78 is 10.3. The van der Waals surface area contributed by atoms with Gasteiger partial charge >= 0.3 is 0 Å². The highest BCUT2D eigenvalue weighted by atomic mass is 127. The Bertz CT molecular complexity index is 442. The smallest absolute Gasteiger partial charge is 0.191 e. The standard InChI is InChI=1S/C16H29N3O3S.HI/c1-4-17-15(18-7-5-8-22-10-9-21-3)19-13-16(2,20)14-6-11-23-12-14;/h6,11-12,20H,4-5,7-10,13H2,1-3H3,(H2,17,18,19);1H. The monoisotopic (exact) mass is 471 g/mol. The first-order chi connectivity index (χ1) is 11.1. The topological polar surface area (TPSA) is 75.1 Å². The number of guanidine groups is 1. The highest BCUT2D eigenvalue weighted by Gasteiger charge is 2.23. The molecule has 140 valence electrons. The molecule has 6 nitrogen and oxygen atoms in total. The van der Waals surface area contributed by atoms with E-state index in [1.165, 1.54) is 0 Å². The number of nitrogens with one attached hydrogen (secondary N) is 2. The minimum Gasteiger partial charge on any atom is -0.383 e. The fourth-order valence-electron chi connectivity index (χ4n) is 1.86. The molecule has 1 aromatic rings. The quantitative estimate of drug-likeness (QED) is 0.200. The number of halogens is 1. The summed E-state index contributed by atoms with van der Waals surface area (Å²) in [6.45, 7) is 7.57. The number of thiophene rings is 1. The van der Waals surface area contributed by atoms with Crippen LogP contribution in [0.5, 0.6) is 0 Å². The highest BCUT2D eigenvalue weighted by Crippen LogP contribution is 2.23. The van der Waals surface area contributed by atoms with Crippen LogP contribution in [0.25, 0.3) is 0 Å². The predicted octanol–water partition coefficient (Wildman–Crippen LogP) is 2.18. The van der Waals surface area contributed by atoms with Crippen LogP contribution in [-0.4, -0.2) is 57.6 Å². The van der Waals surface area contributed by atoms with Gasteiger partial charge in [-0.15, -0.1) is 24.0 Å². The number of hydrogen-bond acceptors (Lipinski definition) is 5. The second-order valence-electron chi connectivity index (χ2n) is 5.37. The summed E-state index contributed by atoms with van der Waals surface area (Å²) in [5, 5.41) is 20.8. The summed E-state index contributed by atoms with van der Waals surface area (Å²) >= 11 is 1.57. The van der Waals surface area contributed by atoms with Crippen LogP contribution in [0.3, 0.4) is 0 Å². The van der Waals surface area contributed by atoms with E-state index in [2.05, 4.69) is 15.6 Å². The molecular formula is C16H30IN3O3S. The van der Waals surface area contributed by atoms with Gasteiger partial charge in [-0.25, -0.2) is 4.99 Å². The van der Waals surface area contributed by atoms with Crippen molar-refractivity contribution in [2.45, 2.75) is 25.9 Å². The molecule has 0 amide bonds. The molecule has 0 aliphatic heterocycles. The molecule has 24 heavy (non-hydrogen) atoms. The van der Waals surface area contributed by atoms with Gasteiger partial charge in [0.1, 0.15) is 5.60 Å². The van der Waals surface area contributed by atoms with Crippen molar-refractivity contribution in [3.8, 4) is 0 Å². The Morgan fingerprint density at radius 3 is 2.75 bits per heavy atom. The lowest BCUT2D eigenvalue weighted by Crippen LogP contribution is -2.39. The van der Waals surface area contributed by atoms with Crippen molar-refractivity contribution < 1.29 is 14.6 Å². The molecule has 1 aromatic heterocycles. The molecule has 0 saturated heterocycles. The van der Waals surface area contributed by atoms with Crippen LogP contribution in [0.1, 0.15) is 25.8 Å². The average Bonchev–Trinajstić information content (AvgIpc) is 3.07. The number of nitrogens with zero attached hydrogens (tertiary/aromatic N) is 1. The summed E-state index contributed by atoms with van der Waals surface area (Å²) in [4.78, 5) is 4.48. The number of methoxy groups -OCH3 is 1. The first-order valence-corrected chi connectivity index (χ1v) is 8.88. The lowest BCUT2D eigenvalue weighted by Gasteiger charge is -2.21. The van der Waals surface area contributed by atoms with Gasteiger partial charge in [-0.1, -0.05) is 0 Å². The predicted molar refractivity (Wildman–Crippen MR) is 111 cm³/mol. The van der Waals surface area contributed by atoms with Crippen molar-refractivity contribution in [3.63, 3.8) is 0 Å². The van der Waals surface area contributed by atoms with Crippen LogP contribution in [-0.2, 0) is 15.1 Å². The molecule has 3 N–H and O–H groups in total. The third kappa shape index (κ3) is 9.77. The molecule has 0 aliphatic rings. The zero-order chi connectivity index (χ0) is 17.0. The van der Waals surface area contributed by atoms with Gasteiger partial charge in [-0.05, 0) is 42.7 Å². The van der Waals surface area contributed by atoms with E-state index in [4.69, 9.17) is 9.47 Å². The van der Waals surface area contributed by atoms with Crippen LogP contribution >= 0.6 is 35.3 Å². The Morgan fingerprint density at radius 2 is 2.12 bits per heavy atom. The van der Waals surface area contributed by atoms with Crippen molar-refractivity contribution in [2.75, 3.05) is 46.6 Å². The van der Waals surface area contributed by atoms with Gasteiger partial charge in [-0.3, -0.25) is 0 Å². The van der Waals surface area contributed by atoms with E-state index in [0.29, 0.717) is 32.3 Å². The maximum atomic E-state index is 10.5. The number of aliphatic imine (C=N–C) groups is 1.